The van der Waals surface area contributed by atoms with Gasteiger partial charge in [-0.3, -0.25) is 0 Å². The summed E-state index contributed by atoms with van der Waals surface area (Å²) in [5.74, 6) is 0.171. The van der Waals surface area contributed by atoms with Gasteiger partial charge in [0.05, 0.1) is 6.54 Å². The molecule has 6 heteroatoms. The van der Waals surface area contributed by atoms with Crippen LogP contribution in [0.1, 0.15) is 5.69 Å². The van der Waals surface area contributed by atoms with Crippen LogP contribution in [0.5, 0.6) is 0 Å². The van der Waals surface area contributed by atoms with Crippen molar-refractivity contribution in [1.82, 2.24) is 15.0 Å². The average molecular weight is 218 g/mol. The van der Waals surface area contributed by atoms with Gasteiger partial charge >= 0.3 is 6.09 Å². The van der Waals surface area contributed by atoms with Crippen LogP contribution in [0.3, 0.4) is 0 Å². The molecule has 0 aromatic carbocycles. The van der Waals surface area contributed by atoms with Crippen molar-refractivity contribution in [3.05, 3.63) is 42.5 Å². The van der Waals surface area contributed by atoms with Crippen LogP contribution in [0.2, 0.25) is 0 Å². The lowest BCUT2D eigenvalue weighted by molar-refractivity contribution is 0.201. The Bertz CT molecular complexity index is 455. The lowest BCUT2D eigenvalue weighted by atomic mass is 10.4. The molecule has 0 spiro atoms. The molecule has 0 atom stereocenters. The molecule has 0 saturated carbocycles. The summed E-state index contributed by atoms with van der Waals surface area (Å²) in [6.07, 6.45) is 3.67. The Balaban J connectivity index is 2.22. The van der Waals surface area contributed by atoms with Crippen molar-refractivity contribution in [2.45, 2.75) is 6.54 Å². The number of hydrogen-bond acceptors (Lipinski definition) is 3. The lowest BCUT2D eigenvalue weighted by Gasteiger charge is -2.15. The van der Waals surface area contributed by atoms with Gasteiger partial charge in [-0.05, 0) is 18.2 Å². The summed E-state index contributed by atoms with van der Waals surface area (Å²) < 4.78 is 0. The highest BCUT2D eigenvalue weighted by Gasteiger charge is 2.17. The molecule has 1 amide bonds. The zero-order chi connectivity index (χ0) is 11.4. The number of H-pyrrole nitrogens is 1. The van der Waals surface area contributed by atoms with E-state index in [0.29, 0.717) is 0 Å². The van der Waals surface area contributed by atoms with Crippen LogP contribution in [-0.4, -0.2) is 26.2 Å². The van der Waals surface area contributed by atoms with Gasteiger partial charge in [-0.1, -0.05) is 0 Å². The number of carboxylic acid groups (broad SMARTS) is 1. The highest BCUT2D eigenvalue weighted by molar-refractivity contribution is 5.83. The maximum atomic E-state index is 11.1. The predicted octanol–water partition coefficient (Wildman–Crippen LogP) is 1.49. The Morgan fingerprint density at radius 2 is 2.12 bits per heavy atom. The summed E-state index contributed by atoms with van der Waals surface area (Å²) in [7, 11) is 0. The summed E-state index contributed by atoms with van der Waals surface area (Å²) in [5.41, 5.74) is 0.787. The van der Waals surface area contributed by atoms with E-state index >= 15 is 0 Å². The third kappa shape index (κ3) is 2.17. The van der Waals surface area contributed by atoms with Crippen molar-refractivity contribution in [1.29, 1.82) is 0 Å². The fourth-order valence-corrected chi connectivity index (χ4v) is 1.29. The molecule has 0 aliphatic rings. The van der Waals surface area contributed by atoms with Crippen molar-refractivity contribution >= 4 is 12.0 Å². The highest BCUT2D eigenvalue weighted by atomic mass is 16.4. The number of aromatic nitrogens is 3. The molecule has 82 valence electrons. The molecule has 0 saturated heterocycles. The van der Waals surface area contributed by atoms with E-state index in [1.807, 2.05) is 0 Å². The quantitative estimate of drug-likeness (QED) is 0.817. The second-order valence-electron chi connectivity index (χ2n) is 3.11. The number of rotatable bonds is 3. The van der Waals surface area contributed by atoms with Crippen LogP contribution >= 0.6 is 0 Å². The molecule has 16 heavy (non-hydrogen) atoms. The monoisotopic (exact) mass is 218 g/mol. The second kappa shape index (κ2) is 4.43. The average Bonchev–Trinajstić information content (AvgIpc) is 2.79. The SMILES string of the molecule is O=C(O)N(Cc1ccc[nH]1)c1ncccn1. The molecule has 2 rings (SSSR count). The zero-order valence-electron chi connectivity index (χ0n) is 8.37. The first-order valence-electron chi connectivity index (χ1n) is 4.67. The van der Waals surface area contributed by atoms with Crippen molar-refractivity contribution in [2.24, 2.45) is 0 Å². The number of aromatic amines is 1. The van der Waals surface area contributed by atoms with E-state index in [-0.39, 0.29) is 12.5 Å². The maximum Gasteiger partial charge on any atom is 0.414 e. The fraction of sp³-hybridized carbons (Fsp3) is 0.100. The molecular formula is C10H10N4O2. The van der Waals surface area contributed by atoms with Gasteiger partial charge in [-0.2, -0.15) is 0 Å². The highest BCUT2D eigenvalue weighted by Crippen LogP contribution is 2.10. The van der Waals surface area contributed by atoms with Gasteiger partial charge in [0.15, 0.2) is 0 Å². The molecule has 2 N–H and O–H groups in total. The predicted molar refractivity (Wildman–Crippen MR) is 57.0 cm³/mol. The number of carbonyl (C=O) groups is 1. The minimum atomic E-state index is -1.08. The van der Waals surface area contributed by atoms with Crippen LogP contribution in [0.25, 0.3) is 0 Å². The molecular weight excluding hydrogens is 208 g/mol. The first-order valence-corrected chi connectivity index (χ1v) is 4.67. The van der Waals surface area contributed by atoms with E-state index in [9.17, 15) is 4.79 Å². The normalized spacial score (nSPS) is 10.0. The van der Waals surface area contributed by atoms with E-state index < -0.39 is 6.09 Å². The van der Waals surface area contributed by atoms with E-state index in [2.05, 4.69) is 15.0 Å². The third-order valence-corrected chi connectivity index (χ3v) is 2.02. The van der Waals surface area contributed by atoms with Crippen LogP contribution in [0, 0.1) is 0 Å². The Morgan fingerprint density at radius 1 is 1.38 bits per heavy atom. The molecule has 0 unspecified atom stereocenters. The van der Waals surface area contributed by atoms with Gasteiger partial charge in [0.25, 0.3) is 0 Å². The number of anilines is 1. The molecule has 0 bridgehead atoms. The number of hydrogen-bond donors (Lipinski definition) is 2. The minimum absolute atomic E-state index is 0.171. The van der Waals surface area contributed by atoms with E-state index in [1.54, 1.807) is 24.4 Å². The van der Waals surface area contributed by atoms with Gasteiger partial charge in [0, 0.05) is 24.3 Å². The Hall–Kier alpha value is -2.37. The van der Waals surface area contributed by atoms with Crippen LogP contribution in [0.4, 0.5) is 10.7 Å². The Labute approximate surface area is 91.6 Å². The molecule has 6 nitrogen and oxygen atoms in total. The summed E-state index contributed by atoms with van der Waals surface area (Å²) in [5, 5.41) is 9.06. The smallest absolute Gasteiger partial charge is 0.414 e. The summed E-state index contributed by atoms with van der Waals surface area (Å²) in [6.45, 7) is 0.201. The van der Waals surface area contributed by atoms with Crippen LogP contribution < -0.4 is 4.90 Å². The molecule has 0 radical (unpaired) electrons. The number of nitrogens with zero attached hydrogens (tertiary/aromatic N) is 3. The largest absolute Gasteiger partial charge is 0.465 e. The molecule has 2 aromatic heterocycles. The van der Waals surface area contributed by atoms with Crippen molar-refractivity contribution in [2.75, 3.05) is 4.90 Å². The molecule has 0 aliphatic heterocycles. The maximum absolute atomic E-state index is 11.1. The third-order valence-electron chi connectivity index (χ3n) is 2.02. The van der Waals surface area contributed by atoms with Gasteiger partial charge < -0.3 is 10.1 Å². The number of nitrogens with one attached hydrogen (secondary N) is 1. The Morgan fingerprint density at radius 3 is 2.69 bits per heavy atom. The van der Waals surface area contributed by atoms with E-state index in [1.165, 1.54) is 12.4 Å². The van der Waals surface area contributed by atoms with E-state index in [0.717, 1.165) is 10.6 Å². The summed E-state index contributed by atoms with van der Waals surface area (Å²) >= 11 is 0. The topological polar surface area (TPSA) is 82.1 Å². The minimum Gasteiger partial charge on any atom is -0.465 e. The van der Waals surface area contributed by atoms with Gasteiger partial charge in [-0.25, -0.2) is 19.7 Å². The first-order chi connectivity index (χ1) is 7.77. The second-order valence-corrected chi connectivity index (χ2v) is 3.11. The molecule has 0 aliphatic carbocycles. The first kappa shape index (κ1) is 10.2. The summed E-state index contributed by atoms with van der Waals surface area (Å²) in [4.78, 5) is 22.9. The van der Waals surface area contributed by atoms with Crippen molar-refractivity contribution in [3.63, 3.8) is 0 Å². The summed E-state index contributed by atoms with van der Waals surface area (Å²) in [6, 6.07) is 5.25. The Kier molecular flexibility index (Phi) is 2.81. The van der Waals surface area contributed by atoms with Gasteiger partial charge in [-0.15, -0.1) is 0 Å². The van der Waals surface area contributed by atoms with Crippen LogP contribution in [0.15, 0.2) is 36.8 Å². The molecule has 2 aromatic rings. The van der Waals surface area contributed by atoms with Crippen molar-refractivity contribution < 1.29 is 9.90 Å². The lowest BCUT2D eigenvalue weighted by Crippen LogP contribution is -2.30. The molecule has 2 heterocycles. The standard InChI is InChI=1S/C10H10N4O2/c15-10(16)14(7-8-3-1-4-11-8)9-12-5-2-6-13-9/h1-6,11H,7H2,(H,15,16). The van der Waals surface area contributed by atoms with Gasteiger partial charge in [0.1, 0.15) is 0 Å². The van der Waals surface area contributed by atoms with Crippen LogP contribution in [-0.2, 0) is 6.54 Å². The fourth-order valence-electron chi connectivity index (χ4n) is 1.29. The molecule has 0 fully saturated rings. The zero-order valence-corrected chi connectivity index (χ0v) is 8.37. The van der Waals surface area contributed by atoms with E-state index in [4.69, 9.17) is 5.11 Å². The van der Waals surface area contributed by atoms with Crippen molar-refractivity contribution in [3.8, 4) is 0 Å². The van der Waals surface area contributed by atoms with Gasteiger partial charge in [0.2, 0.25) is 5.95 Å². The number of amides is 1.